The van der Waals surface area contributed by atoms with Gasteiger partial charge in [0.25, 0.3) is 0 Å². The standard InChI is InChI=1S/C21H37NO/c1-5-9-10-13-19(7-3)16-18-23-21-15-12-11-14-20(21)22(8-4)17-6-2/h5,7,9-10,13,20-21H,6,8,11-12,14-18H2,1-4H3/b9-5-,13-10-,19-7+/t20-,21+/m1/s1. The maximum Gasteiger partial charge on any atom is 0.0730 e. The fraction of sp³-hybridized carbons (Fsp3) is 0.714. The van der Waals surface area contributed by atoms with Crippen molar-refractivity contribution in [3.8, 4) is 0 Å². The molecule has 0 aliphatic heterocycles. The first kappa shape index (κ1) is 20.2. The van der Waals surface area contributed by atoms with E-state index in [1.807, 2.05) is 6.92 Å². The van der Waals surface area contributed by atoms with Gasteiger partial charge in [-0.05, 0) is 52.6 Å². The van der Waals surface area contributed by atoms with Crippen molar-refractivity contribution in [2.45, 2.75) is 78.4 Å². The van der Waals surface area contributed by atoms with Crippen molar-refractivity contribution >= 4 is 0 Å². The predicted octanol–water partition coefficient (Wildman–Crippen LogP) is 5.51. The third-order valence-electron chi connectivity index (χ3n) is 4.76. The van der Waals surface area contributed by atoms with Gasteiger partial charge in [0.1, 0.15) is 0 Å². The van der Waals surface area contributed by atoms with Crippen molar-refractivity contribution in [2.75, 3.05) is 19.7 Å². The Morgan fingerprint density at radius 1 is 1.13 bits per heavy atom. The van der Waals surface area contributed by atoms with E-state index in [2.05, 4.69) is 56.1 Å². The summed E-state index contributed by atoms with van der Waals surface area (Å²) in [6, 6.07) is 0.626. The van der Waals surface area contributed by atoms with Gasteiger partial charge in [-0.15, -0.1) is 0 Å². The van der Waals surface area contributed by atoms with Crippen LogP contribution in [0.4, 0.5) is 0 Å². The number of ether oxygens (including phenoxy) is 1. The first-order chi connectivity index (χ1) is 11.3. The van der Waals surface area contributed by atoms with Crippen LogP contribution in [0.3, 0.4) is 0 Å². The van der Waals surface area contributed by atoms with Crippen LogP contribution >= 0.6 is 0 Å². The van der Waals surface area contributed by atoms with Crippen LogP contribution in [0.25, 0.3) is 0 Å². The van der Waals surface area contributed by atoms with Gasteiger partial charge >= 0.3 is 0 Å². The van der Waals surface area contributed by atoms with Gasteiger partial charge in [-0.1, -0.05) is 62.6 Å². The number of likely N-dealkylation sites (N-methyl/N-ethyl adjacent to an activating group) is 1. The van der Waals surface area contributed by atoms with E-state index in [1.54, 1.807) is 0 Å². The maximum absolute atomic E-state index is 6.33. The molecule has 132 valence electrons. The summed E-state index contributed by atoms with van der Waals surface area (Å²) in [6.45, 7) is 11.9. The molecule has 2 nitrogen and oxygen atoms in total. The van der Waals surface area contributed by atoms with E-state index in [-0.39, 0.29) is 0 Å². The summed E-state index contributed by atoms with van der Waals surface area (Å²) < 4.78 is 6.33. The largest absolute Gasteiger partial charge is 0.376 e. The Hall–Kier alpha value is -0.860. The molecule has 1 aliphatic rings. The van der Waals surface area contributed by atoms with Gasteiger partial charge in [-0.25, -0.2) is 0 Å². The van der Waals surface area contributed by atoms with Crippen molar-refractivity contribution in [3.63, 3.8) is 0 Å². The molecule has 0 aromatic carbocycles. The summed E-state index contributed by atoms with van der Waals surface area (Å²) >= 11 is 0. The van der Waals surface area contributed by atoms with Gasteiger partial charge in [-0.3, -0.25) is 4.90 Å². The molecule has 0 N–H and O–H groups in total. The van der Waals surface area contributed by atoms with Gasteiger partial charge in [0, 0.05) is 6.04 Å². The number of hydrogen-bond donors (Lipinski definition) is 0. The summed E-state index contributed by atoms with van der Waals surface area (Å²) in [6.07, 6.45) is 18.5. The molecule has 2 atom stereocenters. The zero-order valence-corrected chi connectivity index (χ0v) is 15.8. The molecule has 0 saturated heterocycles. The molecular formula is C21H37NO. The Balaban J connectivity index is 2.49. The first-order valence-corrected chi connectivity index (χ1v) is 9.56. The van der Waals surface area contributed by atoms with Crippen LogP contribution in [-0.4, -0.2) is 36.7 Å². The fourth-order valence-corrected chi connectivity index (χ4v) is 3.48. The second kappa shape index (κ2) is 12.5. The van der Waals surface area contributed by atoms with Gasteiger partial charge < -0.3 is 4.74 Å². The highest BCUT2D eigenvalue weighted by atomic mass is 16.5. The third-order valence-corrected chi connectivity index (χ3v) is 4.76. The molecule has 0 amide bonds. The van der Waals surface area contributed by atoms with E-state index in [9.17, 15) is 0 Å². The van der Waals surface area contributed by atoms with E-state index in [4.69, 9.17) is 4.74 Å². The fourth-order valence-electron chi connectivity index (χ4n) is 3.48. The number of nitrogens with zero attached hydrogens (tertiary/aromatic N) is 1. The summed E-state index contributed by atoms with van der Waals surface area (Å²) in [5.74, 6) is 0. The Bertz CT molecular complexity index is 383. The van der Waals surface area contributed by atoms with E-state index < -0.39 is 0 Å². The smallest absolute Gasteiger partial charge is 0.0730 e. The molecule has 0 aromatic rings. The summed E-state index contributed by atoms with van der Waals surface area (Å²) in [4.78, 5) is 2.63. The summed E-state index contributed by atoms with van der Waals surface area (Å²) in [7, 11) is 0. The van der Waals surface area contributed by atoms with E-state index in [0.717, 1.165) is 19.6 Å². The first-order valence-electron chi connectivity index (χ1n) is 9.56. The normalized spacial score (nSPS) is 23.4. The topological polar surface area (TPSA) is 12.5 Å². The summed E-state index contributed by atoms with van der Waals surface area (Å²) in [5, 5.41) is 0. The molecule has 23 heavy (non-hydrogen) atoms. The highest BCUT2D eigenvalue weighted by molar-refractivity contribution is 5.21. The maximum atomic E-state index is 6.33. The SMILES string of the molecule is C\C=C/C=C\C(=C/C)CCO[C@H]1CCCC[C@H]1N(CC)CCC. The van der Waals surface area contributed by atoms with E-state index >= 15 is 0 Å². The van der Waals surface area contributed by atoms with Crippen LogP contribution in [0, 0.1) is 0 Å². The Kier molecular flexibility index (Phi) is 11.0. The Labute approximate surface area is 144 Å². The molecule has 0 radical (unpaired) electrons. The van der Waals surface area contributed by atoms with Crippen molar-refractivity contribution < 1.29 is 4.74 Å². The highest BCUT2D eigenvalue weighted by Crippen LogP contribution is 2.26. The molecule has 2 heteroatoms. The minimum atomic E-state index is 0.424. The van der Waals surface area contributed by atoms with Crippen LogP contribution in [0.1, 0.15) is 66.2 Å². The van der Waals surface area contributed by atoms with Gasteiger partial charge in [0.15, 0.2) is 0 Å². The molecule has 0 spiro atoms. The van der Waals surface area contributed by atoms with Crippen molar-refractivity contribution in [1.82, 2.24) is 4.90 Å². The second-order valence-electron chi connectivity index (χ2n) is 6.39. The summed E-state index contributed by atoms with van der Waals surface area (Å²) in [5.41, 5.74) is 1.36. The molecule has 1 saturated carbocycles. The van der Waals surface area contributed by atoms with Gasteiger partial charge in [-0.2, -0.15) is 0 Å². The number of hydrogen-bond acceptors (Lipinski definition) is 2. The molecule has 1 fully saturated rings. The van der Waals surface area contributed by atoms with Gasteiger partial charge in [0.2, 0.25) is 0 Å². The van der Waals surface area contributed by atoms with Crippen LogP contribution < -0.4 is 0 Å². The van der Waals surface area contributed by atoms with Crippen LogP contribution in [0.5, 0.6) is 0 Å². The lowest BCUT2D eigenvalue weighted by Gasteiger charge is -2.39. The zero-order valence-electron chi connectivity index (χ0n) is 15.8. The molecule has 1 rings (SSSR count). The third kappa shape index (κ3) is 7.50. The highest BCUT2D eigenvalue weighted by Gasteiger charge is 2.29. The molecule has 0 aromatic heterocycles. The lowest BCUT2D eigenvalue weighted by atomic mass is 9.91. The molecule has 1 aliphatic carbocycles. The lowest BCUT2D eigenvalue weighted by molar-refractivity contribution is -0.0339. The van der Waals surface area contributed by atoms with Crippen molar-refractivity contribution in [1.29, 1.82) is 0 Å². The number of rotatable bonds is 10. The Morgan fingerprint density at radius 3 is 2.57 bits per heavy atom. The molecule has 0 unspecified atom stereocenters. The average molecular weight is 320 g/mol. The minimum absolute atomic E-state index is 0.424. The molecule has 0 bridgehead atoms. The lowest BCUT2D eigenvalue weighted by Crippen LogP contribution is -2.47. The minimum Gasteiger partial charge on any atom is -0.376 e. The molecular weight excluding hydrogens is 282 g/mol. The van der Waals surface area contributed by atoms with Crippen molar-refractivity contribution in [2.24, 2.45) is 0 Å². The Morgan fingerprint density at radius 2 is 1.91 bits per heavy atom. The van der Waals surface area contributed by atoms with Crippen LogP contribution in [-0.2, 0) is 4.74 Å². The molecule has 0 heterocycles. The second-order valence-corrected chi connectivity index (χ2v) is 6.39. The van der Waals surface area contributed by atoms with Crippen LogP contribution in [0.15, 0.2) is 36.0 Å². The number of allylic oxidation sites excluding steroid dienone is 5. The average Bonchev–Trinajstić information content (AvgIpc) is 2.59. The predicted molar refractivity (Wildman–Crippen MR) is 102 cm³/mol. The van der Waals surface area contributed by atoms with E-state index in [1.165, 1.54) is 44.2 Å². The van der Waals surface area contributed by atoms with E-state index in [0.29, 0.717) is 12.1 Å². The quantitative estimate of drug-likeness (QED) is 0.492. The van der Waals surface area contributed by atoms with Crippen LogP contribution in [0.2, 0.25) is 0 Å². The monoisotopic (exact) mass is 319 g/mol. The van der Waals surface area contributed by atoms with Gasteiger partial charge in [0.05, 0.1) is 12.7 Å². The zero-order chi connectivity index (χ0) is 16.9. The van der Waals surface area contributed by atoms with Crippen molar-refractivity contribution in [3.05, 3.63) is 36.0 Å².